The lowest BCUT2D eigenvalue weighted by Crippen LogP contribution is -2.04. The van der Waals surface area contributed by atoms with E-state index in [1.54, 1.807) is 6.26 Å². The largest absolute Gasteiger partial charge is 0.469 e. The molecule has 2 aromatic heterocycles. The van der Waals surface area contributed by atoms with Crippen LogP contribution in [-0.4, -0.2) is 16.5 Å². The lowest BCUT2D eigenvalue weighted by Gasteiger charge is -2.08. The molecule has 0 saturated heterocycles. The molecule has 0 unspecified atom stereocenters. The van der Waals surface area contributed by atoms with Crippen molar-refractivity contribution in [1.82, 2.24) is 9.97 Å². The van der Waals surface area contributed by atoms with Crippen molar-refractivity contribution in [2.24, 2.45) is 0 Å². The maximum atomic E-state index is 5.32. The normalized spacial score (nSPS) is 10.6. The van der Waals surface area contributed by atoms with Gasteiger partial charge in [-0.05, 0) is 26.3 Å². The smallest absolute Gasteiger partial charge is 0.165 e. The monoisotopic (exact) mass is 245 g/mol. The highest BCUT2D eigenvalue weighted by atomic mass is 16.3. The van der Waals surface area contributed by atoms with E-state index in [2.05, 4.69) is 29.1 Å². The second-order valence-electron chi connectivity index (χ2n) is 4.24. The molecule has 1 N–H and O–H groups in total. The quantitative estimate of drug-likeness (QED) is 0.876. The van der Waals surface area contributed by atoms with Crippen molar-refractivity contribution in [3.8, 4) is 11.4 Å². The van der Waals surface area contributed by atoms with Gasteiger partial charge in [-0.15, -0.1) is 0 Å². The molecular formula is C14H19N3O. The van der Waals surface area contributed by atoms with Crippen molar-refractivity contribution >= 4 is 5.82 Å². The molecule has 0 spiro atoms. The third-order valence-electron chi connectivity index (χ3n) is 2.74. The van der Waals surface area contributed by atoms with Crippen LogP contribution in [-0.2, 0) is 6.42 Å². The van der Waals surface area contributed by atoms with Crippen LogP contribution in [0.1, 0.15) is 31.7 Å². The summed E-state index contributed by atoms with van der Waals surface area (Å²) >= 11 is 0. The zero-order valence-electron chi connectivity index (χ0n) is 11.2. The zero-order valence-corrected chi connectivity index (χ0v) is 11.2. The van der Waals surface area contributed by atoms with Crippen LogP contribution in [0.25, 0.3) is 11.4 Å². The Labute approximate surface area is 107 Å². The van der Waals surface area contributed by atoms with Gasteiger partial charge in [-0.1, -0.05) is 13.3 Å². The second-order valence-corrected chi connectivity index (χ2v) is 4.24. The molecule has 0 saturated carbocycles. The highest BCUT2D eigenvalue weighted by Gasteiger charge is 2.10. The summed E-state index contributed by atoms with van der Waals surface area (Å²) in [6, 6.07) is 3.93. The Bertz CT molecular complexity index is 495. The van der Waals surface area contributed by atoms with Crippen LogP contribution in [0.15, 0.2) is 22.8 Å². The molecule has 0 aliphatic heterocycles. The van der Waals surface area contributed by atoms with Crippen LogP contribution >= 0.6 is 0 Å². The van der Waals surface area contributed by atoms with Crippen LogP contribution in [0.3, 0.4) is 0 Å². The Morgan fingerprint density at radius 2 is 2.11 bits per heavy atom. The van der Waals surface area contributed by atoms with Crippen LogP contribution in [0.4, 0.5) is 5.82 Å². The fourth-order valence-electron chi connectivity index (χ4n) is 1.89. The maximum absolute atomic E-state index is 5.32. The lowest BCUT2D eigenvalue weighted by molar-refractivity contribution is 0.535. The van der Waals surface area contributed by atoms with Gasteiger partial charge in [-0.3, -0.25) is 0 Å². The van der Waals surface area contributed by atoms with Crippen LogP contribution < -0.4 is 5.32 Å². The molecule has 2 rings (SSSR count). The maximum Gasteiger partial charge on any atom is 0.165 e. The molecule has 96 valence electrons. The van der Waals surface area contributed by atoms with Crippen LogP contribution in [0, 0.1) is 6.92 Å². The number of aryl methyl sites for hydroxylation is 2. The van der Waals surface area contributed by atoms with E-state index >= 15 is 0 Å². The summed E-state index contributed by atoms with van der Waals surface area (Å²) in [6.07, 6.45) is 3.71. The van der Waals surface area contributed by atoms with E-state index in [1.165, 1.54) is 0 Å². The first kappa shape index (κ1) is 12.6. The Hall–Kier alpha value is -1.84. The highest BCUT2D eigenvalue weighted by molar-refractivity contribution is 5.59. The molecule has 0 aliphatic rings. The first-order valence-corrected chi connectivity index (χ1v) is 6.40. The van der Waals surface area contributed by atoms with Crippen molar-refractivity contribution in [2.75, 3.05) is 11.9 Å². The number of aromatic nitrogens is 2. The number of anilines is 1. The van der Waals surface area contributed by atoms with E-state index in [1.807, 2.05) is 19.1 Å². The SMILES string of the molecule is CCCc1cc(NCC)nc(-c2ccoc2C)n1. The third kappa shape index (κ3) is 2.70. The Balaban J connectivity index is 2.42. The van der Waals surface area contributed by atoms with Crippen molar-refractivity contribution in [2.45, 2.75) is 33.6 Å². The zero-order chi connectivity index (χ0) is 13.0. The highest BCUT2D eigenvalue weighted by Crippen LogP contribution is 2.23. The van der Waals surface area contributed by atoms with Gasteiger partial charge in [0.15, 0.2) is 5.82 Å². The summed E-state index contributed by atoms with van der Waals surface area (Å²) < 4.78 is 5.32. The Morgan fingerprint density at radius 1 is 1.28 bits per heavy atom. The molecule has 0 radical (unpaired) electrons. The summed E-state index contributed by atoms with van der Waals surface area (Å²) in [5.74, 6) is 2.47. The van der Waals surface area contributed by atoms with Gasteiger partial charge in [0.2, 0.25) is 0 Å². The average Bonchev–Trinajstić information content (AvgIpc) is 2.76. The number of furan rings is 1. The summed E-state index contributed by atoms with van der Waals surface area (Å²) in [4.78, 5) is 9.12. The minimum atomic E-state index is 0.739. The lowest BCUT2D eigenvalue weighted by atomic mass is 10.2. The molecular weight excluding hydrogens is 226 g/mol. The number of rotatable bonds is 5. The molecule has 18 heavy (non-hydrogen) atoms. The minimum absolute atomic E-state index is 0.739. The topological polar surface area (TPSA) is 51.0 Å². The van der Waals surface area contributed by atoms with Crippen molar-refractivity contribution < 1.29 is 4.42 Å². The number of hydrogen-bond donors (Lipinski definition) is 1. The average molecular weight is 245 g/mol. The van der Waals surface area contributed by atoms with Gasteiger partial charge < -0.3 is 9.73 Å². The minimum Gasteiger partial charge on any atom is -0.469 e. The number of nitrogens with one attached hydrogen (secondary N) is 1. The van der Waals surface area contributed by atoms with Crippen LogP contribution in [0.2, 0.25) is 0 Å². The van der Waals surface area contributed by atoms with Gasteiger partial charge >= 0.3 is 0 Å². The molecule has 2 aromatic rings. The van der Waals surface area contributed by atoms with Gasteiger partial charge in [0.25, 0.3) is 0 Å². The van der Waals surface area contributed by atoms with Gasteiger partial charge in [0.05, 0.1) is 11.8 Å². The predicted molar refractivity (Wildman–Crippen MR) is 72.6 cm³/mol. The molecule has 0 aliphatic carbocycles. The first-order chi connectivity index (χ1) is 8.74. The summed E-state index contributed by atoms with van der Waals surface area (Å²) in [5.41, 5.74) is 2.03. The fourth-order valence-corrected chi connectivity index (χ4v) is 1.89. The molecule has 0 fully saturated rings. The fraction of sp³-hybridized carbons (Fsp3) is 0.429. The van der Waals surface area contributed by atoms with E-state index in [4.69, 9.17) is 4.42 Å². The first-order valence-electron chi connectivity index (χ1n) is 6.40. The number of nitrogens with zero attached hydrogens (tertiary/aromatic N) is 2. The molecule has 0 aromatic carbocycles. The third-order valence-corrected chi connectivity index (χ3v) is 2.74. The van der Waals surface area contributed by atoms with Gasteiger partial charge in [0.1, 0.15) is 11.6 Å². The van der Waals surface area contributed by atoms with E-state index in [9.17, 15) is 0 Å². The van der Waals surface area contributed by atoms with Gasteiger partial charge in [-0.2, -0.15) is 0 Å². The molecule has 0 amide bonds. The Morgan fingerprint density at radius 3 is 2.72 bits per heavy atom. The van der Waals surface area contributed by atoms with Crippen molar-refractivity contribution in [3.63, 3.8) is 0 Å². The van der Waals surface area contributed by atoms with E-state index in [-0.39, 0.29) is 0 Å². The van der Waals surface area contributed by atoms with E-state index < -0.39 is 0 Å². The molecule has 4 heteroatoms. The number of hydrogen-bond acceptors (Lipinski definition) is 4. The van der Waals surface area contributed by atoms with Gasteiger partial charge in [0, 0.05) is 18.3 Å². The van der Waals surface area contributed by atoms with Crippen molar-refractivity contribution in [3.05, 3.63) is 29.9 Å². The summed E-state index contributed by atoms with van der Waals surface area (Å²) in [5, 5.41) is 3.25. The molecule has 0 bridgehead atoms. The van der Waals surface area contributed by atoms with Gasteiger partial charge in [-0.25, -0.2) is 9.97 Å². The standard InChI is InChI=1S/C14H19N3O/c1-4-6-11-9-13(15-5-2)17-14(16-11)12-7-8-18-10(12)3/h7-9H,4-6H2,1-3H3,(H,15,16,17). The van der Waals surface area contributed by atoms with Crippen LogP contribution in [0.5, 0.6) is 0 Å². The predicted octanol–water partition coefficient (Wildman–Crippen LogP) is 3.43. The summed E-state index contributed by atoms with van der Waals surface area (Å²) in [7, 11) is 0. The van der Waals surface area contributed by atoms with Crippen molar-refractivity contribution in [1.29, 1.82) is 0 Å². The molecule has 2 heterocycles. The molecule has 0 atom stereocenters. The summed E-state index contributed by atoms with van der Waals surface area (Å²) in [6.45, 7) is 6.99. The molecule has 4 nitrogen and oxygen atoms in total. The Kier molecular flexibility index (Phi) is 3.97. The van der Waals surface area contributed by atoms with E-state index in [0.29, 0.717) is 0 Å². The second kappa shape index (κ2) is 5.67. The van der Waals surface area contributed by atoms with E-state index in [0.717, 1.165) is 48.0 Å².